The van der Waals surface area contributed by atoms with E-state index >= 15 is 0 Å². The Morgan fingerprint density at radius 1 is 1.14 bits per heavy atom. The molecule has 0 fully saturated rings. The van der Waals surface area contributed by atoms with E-state index in [2.05, 4.69) is 4.98 Å². The second-order valence-electron chi connectivity index (χ2n) is 5.97. The molecular formula is C20H16ClNO5S. The molecule has 0 amide bonds. The molecule has 0 radical (unpaired) electrons. The molecule has 2 heterocycles. The monoisotopic (exact) mass is 417 g/mol. The first-order valence-corrected chi connectivity index (χ1v) is 9.86. The van der Waals surface area contributed by atoms with Gasteiger partial charge in [0.2, 0.25) is 0 Å². The fourth-order valence-corrected chi connectivity index (χ4v) is 3.46. The first-order chi connectivity index (χ1) is 13.7. The fourth-order valence-electron chi connectivity index (χ4n) is 2.63. The van der Waals surface area contributed by atoms with Crippen LogP contribution in [0.1, 0.15) is 21.6 Å². The SMILES string of the molecule is O=C(OCc1cc(Cl)c2c(c1)OCCO2)c1ccc(OCc2cscn2)cc1. The van der Waals surface area contributed by atoms with Gasteiger partial charge in [-0.25, -0.2) is 9.78 Å². The van der Waals surface area contributed by atoms with Crippen molar-refractivity contribution in [2.24, 2.45) is 0 Å². The standard InChI is InChI=1S/C20H16ClNO5S/c21-17-7-13(8-18-19(17)25-6-5-24-18)9-27-20(23)14-1-3-16(4-2-14)26-10-15-11-28-12-22-15/h1-4,7-8,11-12H,5-6,9-10H2. The number of benzene rings is 2. The molecule has 0 unspecified atom stereocenters. The molecule has 28 heavy (non-hydrogen) atoms. The summed E-state index contributed by atoms with van der Waals surface area (Å²) in [6, 6.07) is 10.2. The predicted molar refractivity (Wildman–Crippen MR) is 104 cm³/mol. The third kappa shape index (κ3) is 4.37. The maximum atomic E-state index is 12.3. The minimum Gasteiger partial charge on any atom is -0.487 e. The Hall–Kier alpha value is -2.77. The number of aromatic nitrogens is 1. The van der Waals surface area contributed by atoms with E-state index in [1.165, 1.54) is 11.3 Å². The van der Waals surface area contributed by atoms with E-state index in [1.54, 1.807) is 41.9 Å². The van der Waals surface area contributed by atoms with Gasteiger partial charge in [-0.2, -0.15) is 0 Å². The van der Waals surface area contributed by atoms with Crippen LogP contribution >= 0.6 is 22.9 Å². The number of thiazole rings is 1. The van der Waals surface area contributed by atoms with Crippen LogP contribution in [0.25, 0.3) is 0 Å². The maximum Gasteiger partial charge on any atom is 0.338 e. The molecule has 0 atom stereocenters. The van der Waals surface area contributed by atoms with Crippen molar-refractivity contribution in [2.75, 3.05) is 13.2 Å². The van der Waals surface area contributed by atoms with Gasteiger partial charge in [0.25, 0.3) is 0 Å². The van der Waals surface area contributed by atoms with Gasteiger partial charge in [0.15, 0.2) is 11.5 Å². The molecular weight excluding hydrogens is 402 g/mol. The Morgan fingerprint density at radius 3 is 2.75 bits per heavy atom. The summed E-state index contributed by atoms with van der Waals surface area (Å²) in [6.45, 7) is 1.39. The van der Waals surface area contributed by atoms with Crippen molar-refractivity contribution in [3.63, 3.8) is 0 Å². The maximum absolute atomic E-state index is 12.3. The van der Waals surface area contributed by atoms with Crippen LogP contribution in [0.3, 0.4) is 0 Å². The number of carbonyl (C=O) groups excluding carboxylic acids is 1. The molecule has 1 aliphatic rings. The molecule has 6 nitrogen and oxygen atoms in total. The van der Waals surface area contributed by atoms with Crippen molar-refractivity contribution in [3.05, 3.63) is 69.1 Å². The van der Waals surface area contributed by atoms with Gasteiger partial charge in [-0.15, -0.1) is 11.3 Å². The highest BCUT2D eigenvalue weighted by molar-refractivity contribution is 7.07. The van der Waals surface area contributed by atoms with Gasteiger partial charge in [-0.05, 0) is 42.0 Å². The second-order valence-corrected chi connectivity index (χ2v) is 7.10. The molecule has 144 valence electrons. The van der Waals surface area contributed by atoms with Crippen LogP contribution in [0, 0.1) is 0 Å². The summed E-state index contributed by atoms with van der Waals surface area (Å²) in [4.78, 5) is 16.4. The van der Waals surface area contributed by atoms with E-state index in [0.717, 1.165) is 11.3 Å². The Kier molecular flexibility index (Phi) is 5.64. The molecule has 1 aromatic heterocycles. The number of halogens is 1. The molecule has 4 rings (SSSR count). The van der Waals surface area contributed by atoms with Gasteiger partial charge in [-0.1, -0.05) is 11.6 Å². The van der Waals surface area contributed by atoms with Gasteiger partial charge in [0.1, 0.15) is 32.2 Å². The summed E-state index contributed by atoms with van der Waals surface area (Å²) in [7, 11) is 0. The summed E-state index contributed by atoms with van der Waals surface area (Å²) in [5.41, 5.74) is 3.79. The largest absolute Gasteiger partial charge is 0.487 e. The van der Waals surface area contributed by atoms with E-state index in [0.29, 0.717) is 47.7 Å². The van der Waals surface area contributed by atoms with Crippen molar-refractivity contribution in [1.82, 2.24) is 4.98 Å². The summed E-state index contributed by atoms with van der Waals surface area (Å²) in [5.74, 6) is 1.31. The molecule has 0 N–H and O–H groups in total. The summed E-state index contributed by atoms with van der Waals surface area (Å²) in [5, 5.41) is 2.36. The number of hydrogen-bond donors (Lipinski definition) is 0. The van der Waals surface area contributed by atoms with E-state index in [4.69, 9.17) is 30.5 Å². The average molecular weight is 418 g/mol. The molecule has 0 bridgehead atoms. The van der Waals surface area contributed by atoms with E-state index in [-0.39, 0.29) is 6.61 Å². The lowest BCUT2D eigenvalue weighted by molar-refractivity contribution is 0.0472. The summed E-state index contributed by atoms with van der Waals surface area (Å²) in [6.07, 6.45) is 0. The predicted octanol–water partition coefficient (Wildman–Crippen LogP) is 4.50. The van der Waals surface area contributed by atoms with Crippen molar-refractivity contribution >= 4 is 28.9 Å². The Balaban J connectivity index is 1.34. The number of hydrogen-bond acceptors (Lipinski definition) is 7. The molecule has 2 aromatic carbocycles. The third-order valence-corrected chi connectivity index (χ3v) is 4.90. The Bertz CT molecular complexity index is 959. The first kappa shape index (κ1) is 18.6. The topological polar surface area (TPSA) is 66.9 Å². The van der Waals surface area contributed by atoms with Crippen molar-refractivity contribution in [2.45, 2.75) is 13.2 Å². The number of carbonyl (C=O) groups is 1. The van der Waals surface area contributed by atoms with E-state index < -0.39 is 5.97 Å². The number of nitrogens with zero attached hydrogens (tertiary/aromatic N) is 1. The minimum atomic E-state index is -0.433. The molecule has 0 saturated heterocycles. The lowest BCUT2D eigenvalue weighted by Gasteiger charge is -2.20. The lowest BCUT2D eigenvalue weighted by Crippen LogP contribution is -2.16. The van der Waals surface area contributed by atoms with Crippen LogP contribution in [0.15, 0.2) is 47.3 Å². The van der Waals surface area contributed by atoms with Crippen molar-refractivity contribution in [3.8, 4) is 17.2 Å². The highest BCUT2D eigenvalue weighted by Gasteiger charge is 2.17. The highest BCUT2D eigenvalue weighted by Crippen LogP contribution is 2.38. The van der Waals surface area contributed by atoms with Crippen LogP contribution in [0.5, 0.6) is 17.2 Å². The Morgan fingerprint density at radius 2 is 1.96 bits per heavy atom. The van der Waals surface area contributed by atoms with Crippen molar-refractivity contribution < 1.29 is 23.7 Å². The first-order valence-electron chi connectivity index (χ1n) is 8.54. The van der Waals surface area contributed by atoms with Crippen LogP contribution < -0.4 is 14.2 Å². The number of rotatable bonds is 6. The average Bonchev–Trinajstić information content (AvgIpc) is 3.25. The fraction of sp³-hybridized carbons (Fsp3) is 0.200. The summed E-state index contributed by atoms with van der Waals surface area (Å²) < 4.78 is 22.0. The van der Waals surface area contributed by atoms with Gasteiger partial charge in [0.05, 0.1) is 21.8 Å². The van der Waals surface area contributed by atoms with E-state index in [9.17, 15) is 4.79 Å². The van der Waals surface area contributed by atoms with Gasteiger partial charge < -0.3 is 18.9 Å². The Labute approximate surface area is 170 Å². The zero-order valence-corrected chi connectivity index (χ0v) is 16.3. The third-order valence-electron chi connectivity index (χ3n) is 3.99. The number of esters is 1. The highest BCUT2D eigenvalue weighted by atomic mass is 35.5. The lowest BCUT2D eigenvalue weighted by atomic mass is 10.2. The molecule has 0 aliphatic carbocycles. The van der Waals surface area contributed by atoms with E-state index in [1.807, 2.05) is 5.38 Å². The minimum absolute atomic E-state index is 0.0806. The zero-order chi connectivity index (χ0) is 19.3. The van der Waals surface area contributed by atoms with Gasteiger partial charge in [-0.3, -0.25) is 0 Å². The molecule has 1 aliphatic heterocycles. The quantitative estimate of drug-likeness (QED) is 0.550. The molecule has 8 heteroatoms. The molecule has 0 spiro atoms. The molecule has 0 saturated carbocycles. The van der Waals surface area contributed by atoms with Crippen LogP contribution in [0.2, 0.25) is 5.02 Å². The van der Waals surface area contributed by atoms with Crippen molar-refractivity contribution in [1.29, 1.82) is 0 Å². The van der Waals surface area contributed by atoms with Crippen LogP contribution in [0.4, 0.5) is 0 Å². The number of ether oxygens (including phenoxy) is 4. The smallest absolute Gasteiger partial charge is 0.338 e. The normalized spacial score (nSPS) is 12.5. The zero-order valence-electron chi connectivity index (χ0n) is 14.7. The van der Waals surface area contributed by atoms with Crippen LogP contribution in [-0.4, -0.2) is 24.2 Å². The van der Waals surface area contributed by atoms with Crippen LogP contribution in [-0.2, 0) is 18.0 Å². The molecule has 3 aromatic rings. The van der Waals surface area contributed by atoms with Gasteiger partial charge in [0, 0.05) is 5.38 Å². The number of fused-ring (bicyclic) bond motifs is 1. The second kappa shape index (κ2) is 8.50. The summed E-state index contributed by atoms with van der Waals surface area (Å²) >= 11 is 7.72. The van der Waals surface area contributed by atoms with Gasteiger partial charge >= 0.3 is 5.97 Å².